The van der Waals surface area contributed by atoms with Gasteiger partial charge in [-0.05, 0) is 50.5 Å². The summed E-state index contributed by atoms with van der Waals surface area (Å²) >= 11 is 0. The van der Waals surface area contributed by atoms with E-state index < -0.39 is 0 Å². The highest BCUT2D eigenvalue weighted by molar-refractivity contribution is 5.79. The Hall–Kier alpha value is -1.84. The Labute approximate surface area is 151 Å². The number of nitrogens with zero attached hydrogens (tertiary/aromatic N) is 2. The van der Waals surface area contributed by atoms with E-state index in [0.717, 1.165) is 51.6 Å². The van der Waals surface area contributed by atoms with E-state index >= 15 is 0 Å². The maximum atomic E-state index is 12.8. The minimum atomic E-state index is 0.221. The fourth-order valence-corrected chi connectivity index (χ4v) is 4.08. The molecule has 136 valence electrons. The zero-order valence-corrected chi connectivity index (χ0v) is 15.2. The van der Waals surface area contributed by atoms with Gasteiger partial charge in [0.05, 0.1) is 0 Å². The minimum absolute atomic E-state index is 0.221. The van der Waals surface area contributed by atoms with Gasteiger partial charge in [0.2, 0.25) is 11.8 Å². The summed E-state index contributed by atoms with van der Waals surface area (Å²) in [5.41, 5.74) is 1.35. The molecular weight excluding hydrogens is 312 g/mol. The van der Waals surface area contributed by atoms with Gasteiger partial charge in [0.15, 0.2) is 0 Å². The van der Waals surface area contributed by atoms with Gasteiger partial charge in [-0.3, -0.25) is 9.59 Å². The smallest absolute Gasteiger partial charge is 0.224 e. The molecule has 1 atom stereocenters. The normalized spacial score (nSPS) is 21.4. The van der Waals surface area contributed by atoms with Gasteiger partial charge in [-0.15, -0.1) is 0 Å². The van der Waals surface area contributed by atoms with Crippen molar-refractivity contribution in [2.45, 2.75) is 63.8 Å². The maximum absolute atomic E-state index is 12.8. The summed E-state index contributed by atoms with van der Waals surface area (Å²) < 4.78 is 0. The Bertz CT molecular complexity index is 573. The van der Waals surface area contributed by atoms with Crippen molar-refractivity contribution in [3.63, 3.8) is 0 Å². The summed E-state index contributed by atoms with van der Waals surface area (Å²) in [5.74, 6) is 0.453. The van der Waals surface area contributed by atoms with E-state index in [2.05, 4.69) is 29.2 Å². The van der Waals surface area contributed by atoms with Crippen molar-refractivity contribution in [2.75, 3.05) is 19.6 Å². The first-order chi connectivity index (χ1) is 12.2. The molecule has 25 heavy (non-hydrogen) atoms. The van der Waals surface area contributed by atoms with Gasteiger partial charge in [0.25, 0.3) is 0 Å². The third kappa shape index (κ3) is 5.07. The van der Waals surface area contributed by atoms with E-state index in [0.29, 0.717) is 25.4 Å². The van der Waals surface area contributed by atoms with Crippen LogP contribution in [0.3, 0.4) is 0 Å². The molecule has 2 heterocycles. The summed E-state index contributed by atoms with van der Waals surface area (Å²) in [6.07, 6.45) is 8.70. The summed E-state index contributed by atoms with van der Waals surface area (Å²) in [6, 6.07) is 10.9. The number of carbonyl (C=O) groups is 2. The molecular formula is C21H30N2O2. The fraction of sp³-hybridized carbons (Fsp3) is 0.619. The van der Waals surface area contributed by atoms with Gasteiger partial charge in [-0.2, -0.15) is 0 Å². The van der Waals surface area contributed by atoms with Crippen LogP contribution in [0.15, 0.2) is 30.3 Å². The number of likely N-dealkylation sites (tertiary alicyclic amines) is 2. The molecule has 3 rings (SSSR count). The van der Waals surface area contributed by atoms with Crippen LogP contribution in [-0.2, 0) is 16.0 Å². The SMILES string of the molecule is O=C1CCCCN1CCC(=O)N1CCCC[C@H]1CCc1ccccc1. The number of hydrogen-bond donors (Lipinski definition) is 0. The van der Waals surface area contributed by atoms with Crippen LogP contribution >= 0.6 is 0 Å². The van der Waals surface area contributed by atoms with Crippen LogP contribution in [0, 0.1) is 0 Å². The Kier molecular flexibility index (Phi) is 6.48. The second-order valence-electron chi connectivity index (χ2n) is 7.35. The highest BCUT2D eigenvalue weighted by atomic mass is 16.2. The zero-order valence-electron chi connectivity index (χ0n) is 15.2. The number of carbonyl (C=O) groups excluding carboxylic acids is 2. The molecule has 0 spiro atoms. The molecule has 2 aliphatic heterocycles. The van der Waals surface area contributed by atoms with Crippen LogP contribution < -0.4 is 0 Å². The summed E-state index contributed by atoms with van der Waals surface area (Å²) in [5, 5.41) is 0. The fourth-order valence-electron chi connectivity index (χ4n) is 4.08. The second-order valence-corrected chi connectivity index (χ2v) is 7.35. The molecule has 0 bridgehead atoms. The van der Waals surface area contributed by atoms with Gasteiger partial charge in [-0.25, -0.2) is 0 Å². The summed E-state index contributed by atoms with van der Waals surface area (Å²) in [6.45, 7) is 2.30. The molecule has 1 aromatic rings. The van der Waals surface area contributed by atoms with Gasteiger partial charge < -0.3 is 9.80 Å². The number of rotatable bonds is 6. The van der Waals surface area contributed by atoms with Crippen LogP contribution in [0.5, 0.6) is 0 Å². The Morgan fingerprint density at radius 3 is 2.64 bits per heavy atom. The largest absolute Gasteiger partial charge is 0.342 e. The van der Waals surface area contributed by atoms with Crippen molar-refractivity contribution >= 4 is 11.8 Å². The van der Waals surface area contributed by atoms with E-state index in [1.807, 2.05) is 11.0 Å². The molecule has 0 N–H and O–H groups in total. The molecule has 2 aliphatic rings. The lowest BCUT2D eigenvalue weighted by molar-refractivity contribution is -0.137. The van der Waals surface area contributed by atoms with Crippen LogP contribution in [0.1, 0.15) is 56.9 Å². The predicted molar refractivity (Wildman–Crippen MR) is 99.2 cm³/mol. The molecule has 0 aromatic heterocycles. The van der Waals surface area contributed by atoms with E-state index in [9.17, 15) is 9.59 Å². The highest BCUT2D eigenvalue weighted by Crippen LogP contribution is 2.22. The highest BCUT2D eigenvalue weighted by Gasteiger charge is 2.27. The minimum Gasteiger partial charge on any atom is -0.342 e. The van der Waals surface area contributed by atoms with Crippen molar-refractivity contribution in [3.8, 4) is 0 Å². The number of amides is 2. The van der Waals surface area contributed by atoms with Crippen molar-refractivity contribution in [1.29, 1.82) is 0 Å². The zero-order chi connectivity index (χ0) is 17.5. The first-order valence-electron chi connectivity index (χ1n) is 9.85. The summed E-state index contributed by atoms with van der Waals surface area (Å²) in [4.78, 5) is 28.6. The van der Waals surface area contributed by atoms with Crippen molar-refractivity contribution < 1.29 is 9.59 Å². The molecule has 2 fully saturated rings. The monoisotopic (exact) mass is 342 g/mol. The molecule has 1 aromatic carbocycles. The molecule has 4 heteroatoms. The Morgan fingerprint density at radius 2 is 1.84 bits per heavy atom. The van der Waals surface area contributed by atoms with E-state index in [4.69, 9.17) is 0 Å². The predicted octanol–water partition coefficient (Wildman–Crippen LogP) is 3.40. The van der Waals surface area contributed by atoms with Crippen LogP contribution in [0.4, 0.5) is 0 Å². The standard InChI is InChI=1S/C21H30N2O2/c24-20-11-5-6-15-22(20)17-14-21(25)23-16-7-4-10-19(23)13-12-18-8-2-1-3-9-18/h1-3,8-9,19H,4-7,10-17H2/t19-/m0/s1. The lowest BCUT2D eigenvalue weighted by Crippen LogP contribution is -2.45. The third-order valence-electron chi connectivity index (χ3n) is 5.57. The molecule has 0 radical (unpaired) electrons. The molecule has 0 unspecified atom stereocenters. The molecule has 0 aliphatic carbocycles. The van der Waals surface area contributed by atoms with Gasteiger partial charge >= 0.3 is 0 Å². The topological polar surface area (TPSA) is 40.6 Å². The lowest BCUT2D eigenvalue weighted by Gasteiger charge is -2.37. The lowest BCUT2D eigenvalue weighted by atomic mass is 9.95. The van der Waals surface area contributed by atoms with E-state index in [1.165, 1.54) is 12.0 Å². The van der Waals surface area contributed by atoms with Crippen LogP contribution in [-0.4, -0.2) is 47.3 Å². The Balaban J connectivity index is 1.50. The summed E-state index contributed by atoms with van der Waals surface area (Å²) in [7, 11) is 0. The third-order valence-corrected chi connectivity index (χ3v) is 5.57. The average Bonchev–Trinajstić information content (AvgIpc) is 2.66. The van der Waals surface area contributed by atoms with E-state index in [1.54, 1.807) is 0 Å². The number of aryl methyl sites for hydroxylation is 1. The number of piperidine rings is 2. The first-order valence-corrected chi connectivity index (χ1v) is 9.85. The van der Waals surface area contributed by atoms with Crippen LogP contribution in [0.25, 0.3) is 0 Å². The number of benzene rings is 1. The van der Waals surface area contributed by atoms with Crippen molar-refractivity contribution in [3.05, 3.63) is 35.9 Å². The van der Waals surface area contributed by atoms with Crippen molar-refractivity contribution in [1.82, 2.24) is 9.80 Å². The maximum Gasteiger partial charge on any atom is 0.224 e. The van der Waals surface area contributed by atoms with E-state index in [-0.39, 0.29) is 11.8 Å². The molecule has 0 saturated carbocycles. The van der Waals surface area contributed by atoms with Crippen LogP contribution in [0.2, 0.25) is 0 Å². The average molecular weight is 342 g/mol. The number of hydrogen-bond acceptors (Lipinski definition) is 2. The van der Waals surface area contributed by atoms with Gasteiger partial charge in [0, 0.05) is 38.5 Å². The molecule has 2 amide bonds. The first kappa shape index (κ1) is 18.0. The quantitative estimate of drug-likeness (QED) is 0.795. The Morgan fingerprint density at radius 1 is 1.04 bits per heavy atom. The van der Waals surface area contributed by atoms with Crippen molar-refractivity contribution in [2.24, 2.45) is 0 Å². The second kappa shape index (κ2) is 9.02. The molecule has 2 saturated heterocycles. The van der Waals surface area contributed by atoms with Gasteiger partial charge in [0.1, 0.15) is 0 Å². The van der Waals surface area contributed by atoms with Gasteiger partial charge in [-0.1, -0.05) is 30.3 Å². The molecule has 4 nitrogen and oxygen atoms in total.